The van der Waals surface area contributed by atoms with Crippen molar-refractivity contribution in [1.82, 2.24) is 25.5 Å². The fraction of sp³-hybridized carbons (Fsp3) is 0.263. The minimum absolute atomic E-state index is 0.140. The van der Waals surface area contributed by atoms with Crippen molar-refractivity contribution in [3.8, 4) is 17.0 Å². The van der Waals surface area contributed by atoms with Crippen LogP contribution in [0.15, 0.2) is 43.4 Å². The monoisotopic (exact) mass is 333 g/mol. The van der Waals surface area contributed by atoms with Gasteiger partial charge in [-0.15, -0.1) is 10.2 Å². The molecule has 1 saturated heterocycles. The van der Waals surface area contributed by atoms with Crippen LogP contribution in [0.3, 0.4) is 0 Å². The number of aromatic nitrogens is 4. The van der Waals surface area contributed by atoms with Crippen molar-refractivity contribution in [2.24, 2.45) is 5.92 Å². The molecule has 2 N–H and O–H groups in total. The number of nitrogens with zero attached hydrogens (tertiary/aromatic N) is 4. The Hall–Kier alpha value is -2.86. The van der Waals surface area contributed by atoms with Gasteiger partial charge in [-0.2, -0.15) is 0 Å². The summed E-state index contributed by atoms with van der Waals surface area (Å²) in [5, 5.41) is 24.0. The molecule has 1 aliphatic rings. The van der Waals surface area contributed by atoms with Crippen molar-refractivity contribution in [2.45, 2.75) is 12.8 Å². The van der Waals surface area contributed by atoms with Gasteiger partial charge in [0, 0.05) is 23.3 Å². The van der Waals surface area contributed by atoms with Crippen LogP contribution >= 0.6 is 0 Å². The Labute approximate surface area is 145 Å². The summed E-state index contributed by atoms with van der Waals surface area (Å²) in [7, 11) is 0. The van der Waals surface area contributed by atoms with E-state index in [-0.39, 0.29) is 5.75 Å². The van der Waals surface area contributed by atoms with Gasteiger partial charge in [-0.05, 0) is 61.0 Å². The molecule has 0 aliphatic carbocycles. The van der Waals surface area contributed by atoms with Gasteiger partial charge in [-0.25, -0.2) is 4.98 Å². The zero-order valence-corrected chi connectivity index (χ0v) is 13.8. The quantitative estimate of drug-likeness (QED) is 0.767. The number of nitrogens with one attached hydrogen (secondary N) is 1. The molecule has 6 heteroatoms. The Bertz CT molecular complexity index is 917. The summed E-state index contributed by atoms with van der Waals surface area (Å²) < 4.78 is 0. The molecule has 0 saturated carbocycles. The summed E-state index contributed by atoms with van der Waals surface area (Å²) in [5.74, 6) is 1.12. The molecule has 0 unspecified atom stereocenters. The fourth-order valence-electron chi connectivity index (χ4n) is 3.23. The van der Waals surface area contributed by atoms with Crippen LogP contribution in [0.5, 0.6) is 5.75 Å². The number of benzene rings is 1. The minimum Gasteiger partial charge on any atom is -0.507 e. The van der Waals surface area contributed by atoms with Crippen molar-refractivity contribution in [3.05, 3.63) is 49.2 Å². The number of phenolic OH excluding ortho intramolecular Hbond substituents is 1. The molecule has 126 valence electrons. The van der Waals surface area contributed by atoms with Crippen LogP contribution in [0.25, 0.3) is 27.6 Å². The zero-order chi connectivity index (χ0) is 17.2. The Balaban J connectivity index is 1.64. The average molecular weight is 333 g/mol. The first-order valence-corrected chi connectivity index (χ1v) is 8.39. The lowest BCUT2D eigenvalue weighted by Gasteiger charge is -2.23. The summed E-state index contributed by atoms with van der Waals surface area (Å²) in [6, 6.07) is 5.45. The van der Waals surface area contributed by atoms with E-state index in [0.29, 0.717) is 23.0 Å². The lowest BCUT2D eigenvalue weighted by atomic mass is 9.90. The molecule has 25 heavy (non-hydrogen) atoms. The molecular weight excluding hydrogens is 314 g/mol. The number of fused-ring (bicyclic) bond motifs is 1. The molecule has 0 bridgehead atoms. The molecule has 6 nitrogen and oxygen atoms in total. The standard InChI is InChI=1S/C19H19N5O/c1-12(13-2-5-20-6-3-13)19-22-11-17(23-24-19)16-8-14-4-7-21-10-15(14)9-18(16)25/h4,7-11,13,20,25H,1-3,5-6H2. The predicted octanol–water partition coefficient (Wildman–Crippen LogP) is 2.81. The van der Waals surface area contributed by atoms with Crippen LogP contribution in [0.2, 0.25) is 0 Å². The first kappa shape index (κ1) is 15.7. The van der Waals surface area contributed by atoms with Gasteiger partial charge < -0.3 is 10.4 Å². The van der Waals surface area contributed by atoms with Gasteiger partial charge in [-0.3, -0.25) is 4.98 Å². The Morgan fingerprint density at radius 1 is 1.12 bits per heavy atom. The molecule has 0 atom stereocenters. The number of pyridine rings is 1. The van der Waals surface area contributed by atoms with Crippen LogP contribution in [-0.2, 0) is 0 Å². The van der Waals surface area contributed by atoms with Crippen LogP contribution in [0.1, 0.15) is 18.7 Å². The Kier molecular flexibility index (Phi) is 4.11. The van der Waals surface area contributed by atoms with E-state index < -0.39 is 0 Å². The highest BCUT2D eigenvalue weighted by atomic mass is 16.3. The second-order valence-corrected chi connectivity index (χ2v) is 6.31. The van der Waals surface area contributed by atoms with Gasteiger partial charge in [-0.1, -0.05) is 6.58 Å². The SMILES string of the molecule is C=C(c1ncc(-c2cc3ccncc3cc2O)nn1)C1CCNCC1. The van der Waals surface area contributed by atoms with Crippen molar-refractivity contribution in [3.63, 3.8) is 0 Å². The minimum atomic E-state index is 0.140. The summed E-state index contributed by atoms with van der Waals surface area (Å²) in [6.07, 6.45) is 7.18. The lowest BCUT2D eigenvalue weighted by Crippen LogP contribution is -2.28. The van der Waals surface area contributed by atoms with Crippen LogP contribution in [-0.4, -0.2) is 38.4 Å². The second-order valence-electron chi connectivity index (χ2n) is 6.31. The predicted molar refractivity (Wildman–Crippen MR) is 96.9 cm³/mol. The highest BCUT2D eigenvalue weighted by molar-refractivity contribution is 5.89. The molecule has 3 aromatic rings. The Morgan fingerprint density at radius 3 is 2.72 bits per heavy atom. The number of phenols is 1. The molecule has 3 heterocycles. The zero-order valence-electron chi connectivity index (χ0n) is 13.8. The molecule has 0 spiro atoms. The van der Waals surface area contributed by atoms with Gasteiger partial charge >= 0.3 is 0 Å². The number of piperidine rings is 1. The van der Waals surface area contributed by atoms with E-state index in [4.69, 9.17) is 0 Å². The van der Waals surface area contributed by atoms with Gasteiger partial charge in [0.25, 0.3) is 0 Å². The van der Waals surface area contributed by atoms with Crippen LogP contribution in [0, 0.1) is 5.92 Å². The maximum Gasteiger partial charge on any atom is 0.177 e. The van der Waals surface area contributed by atoms with E-state index >= 15 is 0 Å². The van der Waals surface area contributed by atoms with Crippen LogP contribution < -0.4 is 5.32 Å². The van der Waals surface area contributed by atoms with Gasteiger partial charge in [0.2, 0.25) is 0 Å². The molecule has 0 amide bonds. The first-order chi connectivity index (χ1) is 12.2. The summed E-state index contributed by atoms with van der Waals surface area (Å²) in [5.41, 5.74) is 2.09. The van der Waals surface area contributed by atoms with Crippen molar-refractivity contribution < 1.29 is 5.11 Å². The number of aromatic hydroxyl groups is 1. The molecular formula is C19H19N5O. The third-order valence-electron chi connectivity index (χ3n) is 4.71. The highest BCUT2D eigenvalue weighted by Gasteiger charge is 2.19. The number of rotatable bonds is 3. The second kappa shape index (κ2) is 6.57. The summed E-state index contributed by atoms with van der Waals surface area (Å²) in [6.45, 7) is 6.15. The molecule has 1 aromatic carbocycles. The van der Waals surface area contributed by atoms with E-state index in [1.807, 2.05) is 12.1 Å². The fourth-order valence-corrected chi connectivity index (χ4v) is 3.23. The maximum atomic E-state index is 10.3. The number of allylic oxidation sites excluding steroid dienone is 1. The molecule has 0 radical (unpaired) electrons. The molecule has 2 aromatic heterocycles. The van der Waals surface area contributed by atoms with Crippen molar-refractivity contribution in [1.29, 1.82) is 0 Å². The number of hydrogen-bond acceptors (Lipinski definition) is 6. The Morgan fingerprint density at radius 2 is 1.96 bits per heavy atom. The normalized spacial score (nSPS) is 15.4. The van der Waals surface area contributed by atoms with E-state index in [2.05, 4.69) is 32.1 Å². The first-order valence-electron chi connectivity index (χ1n) is 8.39. The van der Waals surface area contributed by atoms with E-state index in [9.17, 15) is 5.11 Å². The summed E-state index contributed by atoms with van der Waals surface area (Å²) in [4.78, 5) is 8.50. The van der Waals surface area contributed by atoms with Crippen LogP contribution in [0.4, 0.5) is 0 Å². The topological polar surface area (TPSA) is 83.8 Å². The van der Waals surface area contributed by atoms with Crippen molar-refractivity contribution >= 4 is 16.3 Å². The highest BCUT2D eigenvalue weighted by Crippen LogP contribution is 2.32. The van der Waals surface area contributed by atoms with Gasteiger partial charge in [0.15, 0.2) is 5.82 Å². The van der Waals surface area contributed by atoms with Gasteiger partial charge in [0.05, 0.1) is 6.20 Å². The van der Waals surface area contributed by atoms with Gasteiger partial charge in [0.1, 0.15) is 11.4 Å². The molecule has 4 rings (SSSR count). The smallest absolute Gasteiger partial charge is 0.177 e. The van der Waals surface area contributed by atoms with E-state index in [1.165, 1.54) is 0 Å². The van der Waals surface area contributed by atoms with E-state index in [1.54, 1.807) is 24.7 Å². The van der Waals surface area contributed by atoms with Crippen molar-refractivity contribution in [2.75, 3.05) is 13.1 Å². The summed E-state index contributed by atoms with van der Waals surface area (Å²) >= 11 is 0. The van der Waals surface area contributed by atoms with E-state index in [0.717, 1.165) is 42.3 Å². The molecule has 1 fully saturated rings. The average Bonchev–Trinajstić information content (AvgIpc) is 2.68. The third kappa shape index (κ3) is 3.08. The lowest BCUT2D eigenvalue weighted by molar-refractivity contribution is 0.445. The maximum absolute atomic E-state index is 10.3. The third-order valence-corrected chi connectivity index (χ3v) is 4.71. The molecule has 1 aliphatic heterocycles. The number of hydrogen-bond donors (Lipinski definition) is 2. The largest absolute Gasteiger partial charge is 0.507 e.